The van der Waals surface area contributed by atoms with Crippen LogP contribution in [-0.2, 0) is 16.6 Å². The van der Waals surface area contributed by atoms with Gasteiger partial charge in [0.2, 0.25) is 0 Å². The lowest BCUT2D eigenvalue weighted by Gasteiger charge is -2.07. The number of hydrogen-bond acceptors (Lipinski definition) is 7. The lowest BCUT2D eigenvalue weighted by molar-refractivity contribution is -0.384. The zero-order valence-electron chi connectivity index (χ0n) is 14.0. The standard InChI is InChI=1S/C16H16N4O6/c1-17-11-6-5-10(8-13(11)20(24)25)16(23)26-9-14(21)18-15(22)12-4-3-7-19(12)2/h3-8,17H,9H2,1-2H3,(H,18,21,22). The SMILES string of the molecule is CNc1ccc(C(=O)OCC(=O)NC(=O)c2cccn2C)cc1[N+](=O)[O-]. The summed E-state index contributed by atoms with van der Waals surface area (Å²) in [6, 6.07) is 6.89. The number of amides is 2. The van der Waals surface area contributed by atoms with Gasteiger partial charge in [0.1, 0.15) is 11.4 Å². The van der Waals surface area contributed by atoms with Crippen LogP contribution in [0.2, 0.25) is 0 Å². The van der Waals surface area contributed by atoms with E-state index in [-0.39, 0.29) is 22.6 Å². The van der Waals surface area contributed by atoms with Crippen molar-refractivity contribution in [3.63, 3.8) is 0 Å². The summed E-state index contributed by atoms with van der Waals surface area (Å²) in [5.74, 6) is -2.37. The van der Waals surface area contributed by atoms with Gasteiger partial charge in [-0.3, -0.25) is 25.0 Å². The number of nitro benzene ring substituents is 1. The first-order valence-corrected chi connectivity index (χ1v) is 7.42. The summed E-state index contributed by atoms with van der Waals surface area (Å²) in [6.45, 7) is -0.698. The quantitative estimate of drug-likeness (QED) is 0.447. The molecule has 0 saturated carbocycles. The first-order valence-electron chi connectivity index (χ1n) is 7.42. The number of esters is 1. The molecule has 0 aliphatic rings. The normalized spacial score (nSPS) is 10.1. The zero-order chi connectivity index (χ0) is 19.3. The van der Waals surface area contributed by atoms with Crippen LogP contribution >= 0.6 is 0 Å². The fourth-order valence-corrected chi connectivity index (χ4v) is 2.16. The Morgan fingerprint density at radius 2 is 2.00 bits per heavy atom. The summed E-state index contributed by atoms with van der Waals surface area (Å²) in [5, 5.41) is 15.7. The average molecular weight is 360 g/mol. The van der Waals surface area contributed by atoms with Crippen LogP contribution in [0, 0.1) is 10.1 Å². The summed E-state index contributed by atoms with van der Waals surface area (Å²) < 4.78 is 6.32. The molecule has 1 heterocycles. The molecule has 0 atom stereocenters. The number of rotatable bonds is 6. The van der Waals surface area contributed by atoms with Crippen LogP contribution in [0.15, 0.2) is 36.5 Å². The van der Waals surface area contributed by atoms with Crippen molar-refractivity contribution < 1.29 is 24.0 Å². The highest BCUT2D eigenvalue weighted by Crippen LogP contribution is 2.25. The molecule has 1 aromatic heterocycles. The van der Waals surface area contributed by atoms with E-state index in [1.54, 1.807) is 19.3 Å². The first kappa shape index (κ1) is 18.6. The summed E-state index contributed by atoms with van der Waals surface area (Å²) in [7, 11) is 3.15. The maximum Gasteiger partial charge on any atom is 0.338 e. The Morgan fingerprint density at radius 1 is 1.27 bits per heavy atom. The Morgan fingerprint density at radius 3 is 2.58 bits per heavy atom. The van der Waals surface area contributed by atoms with Crippen LogP contribution in [0.25, 0.3) is 0 Å². The van der Waals surface area contributed by atoms with Crippen LogP contribution in [0.1, 0.15) is 20.8 Å². The molecule has 0 saturated heterocycles. The molecule has 2 amide bonds. The van der Waals surface area contributed by atoms with Crippen molar-refractivity contribution >= 4 is 29.2 Å². The largest absolute Gasteiger partial charge is 0.452 e. The van der Waals surface area contributed by atoms with Gasteiger partial charge in [0.05, 0.1) is 10.5 Å². The third kappa shape index (κ3) is 4.23. The predicted molar refractivity (Wildman–Crippen MR) is 90.8 cm³/mol. The van der Waals surface area contributed by atoms with Gasteiger partial charge in [-0.2, -0.15) is 0 Å². The molecule has 2 rings (SSSR count). The fraction of sp³-hybridized carbons (Fsp3) is 0.188. The molecule has 136 valence electrons. The maximum absolute atomic E-state index is 12.0. The molecule has 2 N–H and O–H groups in total. The summed E-state index contributed by atoms with van der Waals surface area (Å²) in [6.07, 6.45) is 1.64. The second-order valence-corrected chi connectivity index (χ2v) is 5.20. The van der Waals surface area contributed by atoms with Crippen LogP contribution in [-0.4, -0.2) is 40.9 Å². The topological polar surface area (TPSA) is 133 Å². The molecule has 26 heavy (non-hydrogen) atoms. The average Bonchev–Trinajstić information content (AvgIpc) is 3.05. The third-order valence-corrected chi connectivity index (χ3v) is 3.46. The molecular formula is C16H16N4O6. The minimum Gasteiger partial charge on any atom is -0.452 e. The number of carbonyl (C=O) groups excluding carboxylic acids is 3. The van der Waals surface area contributed by atoms with E-state index in [0.29, 0.717) is 0 Å². The number of imide groups is 1. The molecule has 0 aliphatic carbocycles. The second kappa shape index (κ2) is 7.92. The van der Waals surface area contributed by atoms with E-state index in [2.05, 4.69) is 10.6 Å². The minimum absolute atomic E-state index is 0.0859. The van der Waals surface area contributed by atoms with Gasteiger partial charge in [-0.25, -0.2) is 4.79 Å². The van der Waals surface area contributed by atoms with Crippen LogP contribution < -0.4 is 10.6 Å². The molecule has 0 aliphatic heterocycles. The number of carbonyl (C=O) groups is 3. The van der Waals surface area contributed by atoms with Crippen molar-refractivity contribution in [2.75, 3.05) is 19.0 Å². The number of nitro groups is 1. The molecule has 1 aromatic carbocycles. The number of benzene rings is 1. The van der Waals surface area contributed by atoms with Crippen LogP contribution in [0.3, 0.4) is 0 Å². The Bertz CT molecular complexity index is 873. The zero-order valence-corrected chi connectivity index (χ0v) is 14.0. The molecule has 2 aromatic rings. The van der Waals surface area contributed by atoms with Crippen LogP contribution in [0.5, 0.6) is 0 Å². The monoisotopic (exact) mass is 360 g/mol. The molecule has 10 heteroatoms. The van der Waals surface area contributed by atoms with Crippen LogP contribution in [0.4, 0.5) is 11.4 Å². The van der Waals surface area contributed by atoms with Gasteiger partial charge in [-0.15, -0.1) is 0 Å². The Labute approximate surface area is 147 Å². The van der Waals surface area contributed by atoms with Crippen molar-refractivity contribution in [1.82, 2.24) is 9.88 Å². The van der Waals surface area contributed by atoms with Gasteiger partial charge in [0.25, 0.3) is 17.5 Å². The third-order valence-electron chi connectivity index (χ3n) is 3.46. The van der Waals surface area contributed by atoms with Gasteiger partial charge < -0.3 is 14.6 Å². The number of ether oxygens (including phenoxy) is 1. The molecular weight excluding hydrogens is 344 g/mol. The maximum atomic E-state index is 12.0. The summed E-state index contributed by atoms with van der Waals surface area (Å²) >= 11 is 0. The molecule has 0 radical (unpaired) electrons. The lowest BCUT2D eigenvalue weighted by atomic mass is 10.1. The predicted octanol–water partition coefficient (Wildman–Crippen LogP) is 1.09. The smallest absolute Gasteiger partial charge is 0.338 e. The first-order chi connectivity index (χ1) is 12.3. The molecule has 0 bridgehead atoms. The fourth-order valence-electron chi connectivity index (χ4n) is 2.16. The van der Waals surface area contributed by atoms with Crippen molar-refractivity contribution in [2.24, 2.45) is 7.05 Å². The summed E-state index contributed by atoms with van der Waals surface area (Å²) in [4.78, 5) is 45.9. The van der Waals surface area contributed by atoms with E-state index in [1.807, 2.05) is 0 Å². The highest BCUT2D eigenvalue weighted by molar-refractivity contribution is 6.04. The minimum atomic E-state index is -0.919. The van der Waals surface area contributed by atoms with Gasteiger partial charge in [0.15, 0.2) is 6.61 Å². The van der Waals surface area contributed by atoms with E-state index in [9.17, 15) is 24.5 Å². The molecule has 0 spiro atoms. The summed E-state index contributed by atoms with van der Waals surface area (Å²) in [5.41, 5.74) is 0.114. The molecule has 0 fully saturated rings. The van der Waals surface area contributed by atoms with Crippen molar-refractivity contribution in [1.29, 1.82) is 0 Å². The van der Waals surface area contributed by atoms with E-state index < -0.39 is 29.3 Å². The van der Waals surface area contributed by atoms with E-state index >= 15 is 0 Å². The van der Waals surface area contributed by atoms with Gasteiger partial charge in [-0.1, -0.05) is 0 Å². The highest BCUT2D eigenvalue weighted by Gasteiger charge is 2.19. The Balaban J connectivity index is 1.97. The number of nitrogens with zero attached hydrogens (tertiary/aromatic N) is 2. The van der Waals surface area contributed by atoms with Crippen molar-refractivity contribution in [3.05, 3.63) is 57.9 Å². The van der Waals surface area contributed by atoms with Crippen molar-refractivity contribution in [3.8, 4) is 0 Å². The van der Waals surface area contributed by atoms with Crippen molar-refractivity contribution in [2.45, 2.75) is 0 Å². The lowest BCUT2D eigenvalue weighted by Crippen LogP contribution is -2.35. The van der Waals surface area contributed by atoms with E-state index in [1.165, 1.54) is 29.8 Å². The number of aromatic nitrogens is 1. The van der Waals surface area contributed by atoms with Gasteiger partial charge in [0, 0.05) is 26.4 Å². The Hall–Kier alpha value is -3.69. The Kier molecular flexibility index (Phi) is 5.68. The highest BCUT2D eigenvalue weighted by atomic mass is 16.6. The second-order valence-electron chi connectivity index (χ2n) is 5.20. The number of nitrogens with one attached hydrogen (secondary N) is 2. The number of aryl methyl sites for hydroxylation is 1. The van der Waals surface area contributed by atoms with Gasteiger partial charge in [-0.05, 0) is 24.3 Å². The number of hydrogen-bond donors (Lipinski definition) is 2. The van der Waals surface area contributed by atoms with Gasteiger partial charge >= 0.3 is 5.97 Å². The van der Waals surface area contributed by atoms with E-state index in [4.69, 9.17) is 4.74 Å². The molecule has 0 unspecified atom stereocenters. The van der Waals surface area contributed by atoms with E-state index in [0.717, 1.165) is 6.07 Å². The molecule has 10 nitrogen and oxygen atoms in total. The number of anilines is 1.